The van der Waals surface area contributed by atoms with Crippen molar-refractivity contribution in [3.63, 3.8) is 0 Å². The number of aryl methyl sites for hydroxylation is 3. The average Bonchev–Trinajstić information content (AvgIpc) is 3.20. The zero-order valence-electron chi connectivity index (χ0n) is 33.6. The number of anilines is 3. The summed E-state index contributed by atoms with van der Waals surface area (Å²) in [6, 6.07) is 14.8. The molecule has 0 atom stereocenters. The minimum Gasteiger partial charge on any atom is -0.493 e. The van der Waals surface area contributed by atoms with Gasteiger partial charge in [-0.25, -0.2) is 4.98 Å². The van der Waals surface area contributed by atoms with Crippen LogP contribution in [0.4, 0.5) is 17.3 Å². The van der Waals surface area contributed by atoms with Gasteiger partial charge in [-0.15, -0.1) is 0 Å². The molecule has 1 fully saturated rings. The van der Waals surface area contributed by atoms with E-state index in [0.717, 1.165) is 62.3 Å². The van der Waals surface area contributed by atoms with Crippen molar-refractivity contribution >= 4 is 29.1 Å². The molecule has 0 aliphatic carbocycles. The highest BCUT2D eigenvalue weighted by Gasteiger charge is 2.22. The Morgan fingerprint density at radius 1 is 0.875 bits per heavy atom. The maximum atomic E-state index is 13.9. The first-order chi connectivity index (χ1) is 27.1. The SMILES string of the molecule is CCCNC(=O)CCc1ccc(Oc2nc(Nc3cc(OC)c(OC)c(OCCCN4CCN(C)CC4)c3)ncc2C(=O)Nc2c(C)cccc2C)c(OC)c1. The summed E-state index contributed by atoms with van der Waals surface area (Å²) in [5.74, 6) is 1.87. The molecule has 1 saturated heterocycles. The Hall–Kier alpha value is -5.60. The van der Waals surface area contributed by atoms with E-state index >= 15 is 0 Å². The first-order valence-electron chi connectivity index (χ1n) is 19.0. The van der Waals surface area contributed by atoms with Gasteiger partial charge >= 0.3 is 0 Å². The van der Waals surface area contributed by atoms with Crippen LogP contribution in [0.3, 0.4) is 0 Å². The molecule has 0 unspecified atom stereocenters. The Labute approximate surface area is 329 Å². The van der Waals surface area contributed by atoms with Gasteiger partial charge in [0.25, 0.3) is 5.91 Å². The van der Waals surface area contributed by atoms with Crippen molar-refractivity contribution in [2.24, 2.45) is 0 Å². The fourth-order valence-corrected chi connectivity index (χ4v) is 6.30. The molecule has 56 heavy (non-hydrogen) atoms. The number of carbonyl (C=O) groups is 2. The van der Waals surface area contributed by atoms with E-state index in [9.17, 15) is 9.59 Å². The zero-order valence-corrected chi connectivity index (χ0v) is 33.6. The molecule has 0 saturated carbocycles. The van der Waals surface area contributed by atoms with E-state index < -0.39 is 5.91 Å². The lowest BCUT2D eigenvalue weighted by Crippen LogP contribution is -2.44. The second-order valence-corrected chi connectivity index (χ2v) is 13.8. The number of nitrogens with one attached hydrogen (secondary N) is 3. The second-order valence-electron chi connectivity index (χ2n) is 13.8. The molecule has 14 heteroatoms. The maximum Gasteiger partial charge on any atom is 0.262 e. The summed E-state index contributed by atoms with van der Waals surface area (Å²) in [6.07, 6.45) is 4.00. The summed E-state index contributed by atoms with van der Waals surface area (Å²) in [5, 5.41) is 9.14. The first-order valence-corrected chi connectivity index (χ1v) is 19.0. The first kappa shape index (κ1) is 41.6. The van der Waals surface area contributed by atoms with E-state index in [0.29, 0.717) is 66.1 Å². The summed E-state index contributed by atoms with van der Waals surface area (Å²) < 4.78 is 29.6. The van der Waals surface area contributed by atoms with Crippen molar-refractivity contribution in [3.8, 4) is 34.6 Å². The van der Waals surface area contributed by atoms with Gasteiger partial charge in [0.05, 0.1) is 27.9 Å². The number of amides is 2. The zero-order chi connectivity index (χ0) is 40.0. The lowest BCUT2D eigenvalue weighted by Gasteiger charge is -2.32. The van der Waals surface area contributed by atoms with Crippen molar-refractivity contribution < 1.29 is 33.3 Å². The van der Waals surface area contributed by atoms with Crippen LogP contribution in [0.1, 0.15) is 53.2 Å². The third kappa shape index (κ3) is 11.2. The highest BCUT2D eigenvalue weighted by Crippen LogP contribution is 2.41. The number of rotatable bonds is 19. The van der Waals surface area contributed by atoms with Gasteiger partial charge in [-0.2, -0.15) is 4.98 Å². The van der Waals surface area contributed by atoms with Gasteiger partial charge in [-0.3, -0.25) is 9.59 Å². The normalized spacial score (nSPS) is 13.1. The number of piperazine rings is 1. The standard InChI is InChI=1S/C42H55N7O7/c1-8-17-43-37(50)16-14-30-13-15-33(34(24-30)52-5)56-41-32(40(51)46-38-28(2)11-9-12-29(38)3)27-44-42(47-41)45-31-25-35(53-6)39(54-7)36(26-31)55-23-10-18-49-21-19-48(4)20-22-49/h9,11-13,15,24-27H,8,10,14,16-23H2,1-7H3,(H,43,50)(H,46,51)(H,44,45,47). The fraction of sp³-hybridized carbons (Fsp3) is 0.429. The average molecular weight is 770 g/mol. The topological polar surface area (TPSA) is 149 Å². The van der Waals surface area contributed by atoms with Crippen LogP contribution in [0, 0.1) is 13.8 Å². The van der Waals surface area contributed by atoms with E-state index in [1.807, 2.05) is 51.1 Å². The van der Waals surface area contributed by atoms with Gasteiger partial charge in [0.15, 0.2) is 23.0 Å². The predicted molar refractivity (Wildman–Crippen MR) is 217 cm³/mol. The van der Waals surface area contributed by atoms with Crippen molar-refractivity contribution in [1.29, 1.82) is 0 Å². The second kappa shape index (κ2) is 20.4. The molecule has 4 aromatic rings. The van der Waals surface area contributed by atoms with Crippen LogP contribution in [-0.4, -0.2) is 106 Å². The maximum absolute atomic E-state index is 13.9. The highest BCUT2D eigenvalue weighted by molar-refractivity contribution is 6.06. The Morgan fingerprint density at radius 3 is 2.30 bits per heavy atom. The fourth-order valence-electron chi connectivity index (χ4n) is 6.30. The Balaban J connectivity index is 1.40. The lowest BCUT2D eigenvalue weighted by atomic mass is 10.1. The Bertz CT molecular complexity index is 1930. The third-order valence-electron chi connectivity index (χ3n) is 9.54. The molecule has 1 aliphatic heterocycles. The number of methoxy groups -OCH3 is 3. The molecule has 3 aromatic carbocycles. The largest absolute Gasteiger partial charge is 0.493 e. The van der Waals surface area contributed by atoms with Crippen molar-refractivity contribution in [2.75, 3.05) is 84.9 Å². The summed E-state index contributed by atoms with van der Waals surface area (Å²) in [7, 11) is 6.81. The number of hydrogen-bond donors (Lipinski definition) is 3. The highest BCUT2D eigenvalue weighted by atomic mass is 16.5. The molecule has 0 radical (unpaired) electrons. The molecule has 0 bridgehead atoms. The molecule has 1 aliphatic rings. The number of ether oxygens (including phenoxy) is 5. The number of aromatic nitrogens is 2. The van der Waals surface area contributed by atoms with Gasteiger partial charge in [0.2, 0.25) is 23.5 Å². The number of para-hydroxylation sites is 1. The molecule has 3 N–H and O–H groups in total. The van der Waals surface area contributed by atoms with Crippen molar-refractivity contribution in [2.45, 2.75) is 46.5 Å². The number of carbonyl (C=O) groups excluding carboxylic acids is 2. The summed E-state index contributed by atoms with van der Waals surface area (Å²) in [6.45, 7) is 12.1. The molecule has 2 amide bonds. The van der Waals surface area contributed by atoms with E-state index in [2.05, 4.69) is 42.8 Å². The van der Waals surface area contributed by atoms with Gasteiger partial charge in [-0.05, 0) is 69.0 Å². The van der Waals surface area contributed by atoms with Gasteiger partial charge in [0.1, 0.15) is 5.56 Å². The van der Waals surface area contributed by atoms with E-state index in [4.69, 9.17) is 23.7 Å². The van der Waals surface area contributed by atoms with Crippen LogP contribution in [0.5, 0.6) is 34.6 Å². The van der Waals surface area contributed by atoms with Crippen LogP contribution in [0.2, 0.25) is 0 Å². The number of benzene rings is 3. The van der Waals surface area contributed by atoms with Crippen LogP contribution in [0.25, 0.3) is 0 Å². The number of nitrogens with zero attached hydrogens (tertiary/aromatic N) is 4. The smallest absolute Gasteiger partial charge is 0.262 e. The van der Waals surface area contributed by atoms with E-state index in [1.54, 1.807) is 32.4 Å². The lowest BCUT2D eigenvalue weighted by molar-refractivity contribution is -0.121. The van der Waals surface area contributed by atoms with Gasteiger partial charge in [0, 0.05) is 75.4 Å². The van der Waals surface area contributed by atoms with E-state index in [-0.39, 0.29) is 23.3 Å². The molecule has 2 heterocycles. The summed E-state index contributed by atoms with van der Waals surface area (Å²) >= 11 is 0. The van der Waals surface area contributed by atoms with E-state index in [1.165, 1.54) is 13.3 Å². The number of hydrogen-bond acceptors (Lipinski definition) is 12. The minimum atomic E-state index is -0.448. The van der Waals surface area contributed by atoms with Crippen molar-refractivity contribution in [1.82, 2.24) is 25.1 Å². The molecular weight excluding hydrogens is 715 g/mol. The molecule has 0 spiro atoms. The van der Waals surface area contributed by atoms with Crippen LogP contribution < -0.4 is 39.6 Å². The van der Waals surface area contributed by atoms with Crippen LogP contribution in [0.15, 0.2) is 54.7 Å². The van der Waals surface area contributed by atoms with Crippen LogP contribution >= 0.6 is 0 Å². The number of likely N-dealkylation sites (N-methyl/N-ethyl adjacent to an activating group) is 1. The molecule has 5 rings (SSSR count). The van der Waals surface area contributed by atoms with Gasteiger partial charge in [-0.1, -0.05) is 31.2 Å². The third-order valence-corrected chi connectivity index (χ3v) is 9.54. The summed E-state index contributed by atoms with van der Waals surface area (Å²) in [4.78, 5) is 40.1. The molecule has 300 valence electrons. The summed E-state index contributed by atoms with van der Waals surface area (Å²) in [5.41, 5.74) is 4.08. The van der Waals surface area contributed by atoms with Gasteiger partial charge < -0.3 is 49.4 Å². The molecule has 14 nitrogen and oxygen atoms in total. The Morgan fingerprint density at radius 2 is 1.61 bits per heavy atom. The van der Waals surface area contributed by atoms with Crippen molar-refractivity contribution in [3.05, 3.63) is 77.0 Å². The monoisotopic (exact) mass is 769 g/mol. The van der Waals surface area contributed by atoms with Crippen LogP contribution in [-0.2, 0) is 11.2 Å². The Kier molecular flexibility index (Phi) is 15.1. The molecule has 1 aromatic heterocycles. The molecular formula is C42H55N7O7. The minimum absolute atomic E-state index is 0.00270. The predicted octanol–water partition coefficient (Wildman–Crippen LogP) is 6.38. The quantitative estimate of drug-likeness (QED) is 0.0909.